The Hall–Kier alpha value is -2.47. The highest BCUT2D eigenvalue weighted by molar-refractivity contribution is 7.18. The molecule has 152 valence electrons. The van der Waals surface area contributed by atoms with Crippen molar-refractivity contribution in [1.29, 1.82) is 0 Å². The summed E-state index contributed by atoms with van der Waals surface area (Å²) in [6, 6.07) is 9.55. The van der Waals surface area contributed by atoms with Gasteiger partial charge in [0, 0.05) is 4.88 Å². The summed E-state index contributed by atoms with van der Waals surface area (Å²) >= 11 is 1.60. The van der Waals surface area contributed by atoms with Gasteiger partial charge >= 0.3 is 5.97 Å². The lowest BCUT2D eigenvalue weighted by atomic mass is 9.85. The minimum Gasteiger partial charge on any atom is -0.454 e. The smallest absolute Gasteiger partial charge is 0.316 e. The zero-order valence-corrected chi connectivity index (χ0v) is 18.1. The Morgan fingerprint density at radius 2 is 2.03 bits per heavy atom. The summed E-state index contributed by atoms with van der Waals surface area (Å²) in [5.41, 5.74) is 1.10. The maximum Gasteiger partial charge on any atom is 0.316 e. The number of esters is 1. The number of nitrogens with zero attached hydrogens (tertiary/aromatic N) is 1. The molecule has 2 heterocycles. The number of hydrogen-bond acceptors (Lipinski definition) is 5. The van der Waals surface area contributed by atoms with Crippen LogP contribution in [0.1, 0.15) is 62.0 Å². The number of carbonyl (C=O) groups is 1. The number of hydrogen-bond donors (Lipinski definition) is 1. The molecule has 0 fully saturated rings. The van der Waals surface area contributed by atoms with E-state index >= 15 is 0 Å². The molecule has 0 unspecified atom stereocenters. The Bertz CT molecular complexity index is 1110. The Kier molecular flexibility index (Phi) is 5.07. The molecule has 0 saturated heterocycles. The molecule has 6 heteroatoms. The fraction of sp³-hybridized carbons (Fsp3) is 0.435. The van der Waals surface area contributed by atoms with Gasteiger partial charge in [-0.3, -0.25) is 9.59 Å². The van der Waals surface area contributed by atoms with E-state index in [0.29, 0.717) is 17.1 Å². The summed E-state index contributed by atoms with van der Waals surface area (Å²) in [6.45, 7) is 7.67. The van der Waals surface area contributed by atoms with Crippen molar-refractivity contribution < 1.29 is 9.53 Å². The Morgan fingerprint density at radius 3 is 2.76 bits per heavy atom. The molecule has 0 spiro atoms. The van der Waals surface area contributed by atoms with Crippen molar-refractivity contribution in [2.45, 2.75) is 58.5 Å². The highest BCUT2D eigenvalue weighted by Gasteiger charge is 2.33. The number of aryl methyl sites for hydroxylation is 1. The van der Waals surface area contributed by atoms with E-state index in [2.05, 4.69) is 16.9 Å². The van der Waals surface area contributed by atoms with Crippen molar-refractivity contribution >= 4 is 27.5 Å². The SMILES string of the molecule is C[C@H]1CCc2c(sc3nc([C@H](C)OC(=O)C(C)(C)c4ccccc4)[nH]c(=O)c23)C1. The molecule has 0 amide bonds. The second kappa shape index (κ2) is 7.41. The monoisotopic (exact) mass is 410 g/mol. The largest absolute Gasteiger partial charge is 0.454 e. The predicted octanol–water partition coefficient (Wildman–Crippen LogP) is 4.69. The fourth-order valence-corrected chi connectivity index (χ4v) is 5.28. The molecule has 2 atom stereocenters. The third-order valence-electron chi connectivity index (χ3n) is 5.86. The highest BCUT2D eigenvalue weighted by Crippen LogP contribution is 2.36. The predicted molar refractivity (Wildman–Crippen MR) is 115 cm³/mol. The minimum absolute atomic E-state index is 0.137. The second-order valence-electron chi connectivity index (χ2n) is 8.52. The maximum absolute atomic E-state index is 12.9. The molecule has 1 aliphatic rings. The quantitative estimate of drug-likeness (QED) is 0.633. The standard InChI is InChI=1S/C23H26N2O3S/c1-13-10-11-16-17(12-13)29-21-18(16)20(26)24-19(25-21)14(2)28-22(27)23(3,4)15-8-6-5-7-9-15/h5-9,13-14H,10-12H2,1-4H3,(H,24,25,26)/t13-,14-/m0/s1. The first-order valence-corrected chi connectivity index (χ1v) is 10.9. The summed E-state index contributed by atoms with van der Waals surface area (Å²) in [4.78, 5) is 35.2. The Morgan fingerprint density at radius 1 is 1.31 bits per heavy atom. The van der Waals surface area contributed by atoms with Gasteiger partial charge in [-0.2, -0.15) is 0 Å². The van der Waals surface area contributed by atoms with E-state index in [1.807, 2.05) is 44.2 Å². The lowest BCUT2D eigenvalue weighted by Gasteiger charge is -2.25. The molecule has 2 aromatic heterocycles. The van der Waals surface area contributed by atoms with Crippen LogP contribution in [-0.2, 0) is 27.8 Å². The number of carbonyl (C=O) groups excluding carboxylic acids is 1. The van der Waals surface area contributed by atoms with Gasteiger partial charge in [0.15, 0.2) is 11.9 Å². The first-order chi connectivity index (χ1) is 13.8. The van der Waals surface area contributed by atoms with E-state index in [1.165, 1.54) is 4.88 Å². The van der Waals surface area contributed by atoms with Crippen LogP contribution in [0.4, 0.5) is 0 Å². The normalized spacial score (nSPS) is 17.7. The van der Waals surface area contributed by atoms with Crippen molar-refractivity contribution in [2.75, 3.05) is 0 Å². The van der Waals surface area contributed by atoms with Crippen LogP contribution in [0.3, 0.4) is 0 Å². The van der Waals surface area contributed by atoms with Gasteiger partial charge in [-0.05, 0) is 57.1 Å². The van der Waals surface area contributed by atoms with Crippen LogP contribution in [0.2, 0.25) is 0 Å². The average Bonchev–Trinajstić information content (AvgIpc) is 3.06. The first-order valence-electron chi connectivity index (χ1n) is 10.1. The van der Waals surface area contributed by atoms with Gasteiger partial charge in [-0.15, -0.1) is 11.3 Å². The molecular weight excluding hydrogens is 384 g/mol. The molecule has 29 heavy (non-hydrogen) atoms. The van der Waals surface area contributed by atoms with Gasteiger partial charge in [0.05, 0.1) is 10.8 Å². The molecule has 1 aromatic carbocycles. The molecule has 3 aromatic rings. The number of nitrogens with one attached hydrogen (secondary N) is 1. The van der Waals surface area contributed by atoms with Gasteiger partial charge in [0.2, 0.25) is 0 Å². The molecule has 0 radical (unpaired) electrons. The second-order valence-corrected chi connectivity index (χ2v) is 9.61. The van der Waals surface area contributed by atoms with Crippen LogP contribution in [-0.4, -0.2) is 15.9 Å². The summed E-state index contributed by atoms with van der Waals surface area (Å²) in [5.74, 6) is 0.679. The summed E-state index contributed by atoms with van der Waals surface area (Å²) < 4.78 is 5.71. The van der Waals surface area contributed by atoms with E-state index in [0.717, 1.165) is 35.2 Å². The number of H-pyrrole nitrogens is 1. The number of thiophene rings is 1. The van der Waals surface area contributed by atoms with Crippen LogP contribution in [0.15, 0.2) is 35.1 Å². The lowest BCUT2D eigenvalue weighted by molar-refractivity contribution is -0.154. The van der Waals surface area contributed by atoms with Crippen molar-refractivity contribution in [2.24, 2.45) is 5.92 Å². The Balaban J connectivity index is 1.61. The van der Waals surface area contributed by atoms with Gasteiger partial charge in [-0.1, -0.05) is 37.3 Å². The fourth-order valence-electron chi connectivity index (χ4n) is 3.89. The molecule has 1 N–H and O–H groups in total. The van der Waals surface area contributed by atoms with Crippen LogP contribution in [0.5, 0.6) is 0 Å². The third-order valence-corrected chi connectivity index (χ3v) is 7.01. The minimum atomic E-state index is -0.794. The Labute approximate surface area is 174 Å². The van der Waals surface area contributed by atoms with E-state index in [1.54, 1.807) is 18.3 Å². The summed E-state index contributed by atoms with van der Waals surface area (Å²) in [6.07, 6.45) is 2.39. The zero-order chi connectivity index (χ0) is 20.8. The van der Waals surface area contributed by atoms with E-state index in [4.69, 9.17) is 4.74 Å². The highest BCUT2D eigenvalue weighted by atomic mass is 32.1. The van der Waals surface area contributed by atoms with Crippen molar-refractivity contribution in [3.8, 4) is 0 Å². The van der Waals surface area contributed by atoms with E-state index in [-0.39, 0.29) is 11.5 Å². The number of benzene rings is 1. The number of ether oxygens (including phenoxy) is 1. The maximum atomic E-state index is 12.9. The molecule has 5 nitrogen and oxygen atoms in total. The van der Waals surface area contributed by atoms with Crippen LogP contribution < -0.4 is 5.56 Å². The molecule has 4 rings (SSSR count). The third kappa shape index (κ3) is 3.62. The van der Waals surface area contributed by atoms with Crippen molar-refractivity contribution in [1.82, 2.24) is 9.97 Å². The van der Waals surface area contributed by atoms with Gasteiger partial charge in [0.25, 0.3) is 5.56 Å². The van der Waals surface area contributed by atoms with Crippen LogP contribution in [0.25, 0.3) is 10.2 Å². The number of rotatable bonds is 4. The van der Waals surface area contributed by atoms with E-state index in [9.17, 15) is 9.59 Å². The lowest BCUT2D eigenvalue weighted by Crippen LogP contribution is -2.32. The van der Waals surface area contributed by atoms with Gasteiger partial charge in [-0.25, -0.2) is 4.98 Å². The topological polar surface area (TPSA) is 72.0 Å². The summed E-state index contributed by atoms with van der Waals surface area (Å²) in [7, 11) is 0. The average molecular weight is 411 g/mol. The van der Waals surface area contributed by atoms with Gasteiger partial charge < -0.3 is 9.72 Å². The first kappa shape index (κ1) is 19.8. The summed E-state index contributed by atoms with van der Waals surface area (Å²) in [5, 5.41) is 0.712. The van der Waals surface area contributed by atoms with Crippen LogP contribution >= 0.6 is 11.3 Å². The molecule has 1 aliphatic carbocycles. The number of aromatic nitrogens is 2. The van der Waals surface area contributed by atoms with Crippen molar-refractivity contribution in [3.05, 3.63) is 62.5 Å². The van der Waals surface area contributed by atoms with Gasteiger partial charge in [0.1, 0.15) is 4.83 Å². The molecule has 0 bridgehead atoms. The van der Waals surface area contributed by atoms with Crippen LogP contribution in [0, 0.1) is 5.92 Å². The molecular formula is C23H26N2O3S. The molecule has 0 saturated carbocycles. The number of aromatic amines is 1. The van der Waals surface area contributed by atoms with E-state index < -0.39 is 11.5 Å². The molecule has 0 aliphatic heterocycles. The zero-order valence-electron chi connectivity index (χ0n) is 17.2. The number of fused-ring (bicyclic) bond motifs is 3. The van der Waals surface area contributed by atoms with Crippen molar-refractivity contribution in [3.63, 3.8) is 0 Å².